The number of halogens is 2. The quantitative estimate of drug-likeness (QED) is 0.431. The van der Waals surface area contributed by atoms with E-state index < -0.39 is 0 Å². The zero-order chi connectivity index (χ0) is 17.8. The van der Waals surface area contributed by atoms with E-state index in [1.807, 2.05) is 37.3 Å². The van der Waals surface area contributed by atoms with Crippen LogP contribution >= 0.6 is 34.7 Å². The minimum Gasteiger partial charge on any atom is -0.369 e. The monoisotopic (exact) mass is 392 g/mol. The number of nitrogens with two attached hydrogens (primary N) is 1. The third-order valence-electron chi connectivity index (χ3n) is 3.30. The van der Waals surface area contributed by atoms with E-state index in [-0.39, 0.29) is 5.96 Å². The van der Waals surface area contributed by atoms with E-state index in [9.17, 15) is 0 Å². The van der Waals surface area contributed by atoms with Gasteiger partial charge < -0.3 is 16.4 Å². The van der Waals surface area contributed by atoms with Gasteiger partial charge in [-0.25, -0.2) is 4.98 Å². The van der Waals surface area contributed by atoms with Crippen molar-refractivity contribution >= 4 is 62.9 Å². The zero-order valence-electron chi connectivity index (χ0n) is 13.1. The predicted octanol–water partition coefficient (Wildman–Crippen LogP) is 4.96. The van der Waals surface area contributed by atoms with Gasteiger partial charge in [-0.2, -0.15) is 9.37 Å². The second-order valence-corrected chi connectivity index (χ2v) is 6.61. The maximum atomic E-state index is 6.37. The molecular weight excluding hydrogens is 379 g/mol. The first-order chi connectivity index (χ1) is 12.0. The van der Waals surface area contributed by atoms with Crippen LogP contribution in [-0.4, -0.2) is 15.3 Å². The van der Waals surface area contributed by atoms with Gasteiger partial charge in [0.2, 0.25) is 11.1 Å². The molecule has 0 bridgehead atoms. The van der Waals surface area contributed by atoms with E-state index in [0.29, 0.717) is 20.9 Å². The van der Waals surface area contributed by atoms with Crippen molar-refractivity contribution in [3.05, 3.63) is 58.3 Å². The summed E-state index contributed by atoms with van der Waals surface area (Å²) in [6, 6.07) is 11.2. The lowest BCUT2D eigenvalue weighted by molar-refractivity contribution is 1.29. The van der Waals surface area contributed by atoms with Crippen LogP contribution in [0.3, 0.4) is 0 Å². The minimum atomic E-state index is 0.201. The van der Waals surface area contributed by atoms with Gasteiger partial charge in [0.25, 0.3) is 0 Å². The minimum absolute atomic E-state index is 0.201. The Morgan fingerprint density at radius 2 is 1.92 bits per heavy atom. The fourth-order valence-corrected chi connectivity index (χ4v) is 2.98. The highest BCUT2D eigenvalue weighted by Crippen LogP contribution is 2.36. The summed E-state index contributed by atoms with van der Waals surface area (Å²) in [5.41, 5.74) is 8.99. The molecule has 3 aromatic rings. The Hall–Kier alpha value is -2.35. The highest BCUT2D eigenvalue weighted by atomic mass is 35.5. The van der Waals surface area contributed by atoms with Crippen LogP contribution in [0.1, 0.15) is 5.56 Å². The van der Waals surface area contributed by atoms with E-state index in [1.165, 1.54) is 6.33 Å². The maximum absolute atomic E-state index is 6.37. The molecule has 0 saturated heterocycles. The maximum Gasteiger partial charge on any atom is 0.231 e. The molecule has 25 heavy (non-hydrogen) atoms. The Balaban J connectivity index is 1.88. The molecule has 0 aliphatic carbocycles. The second-order valence-electron chi connectivity index (χ2n) is 5.07. The first kappa shape index (κ1) is 17.5. The number of hydrogen-bond acceptors (Lipinski definition) is 5. The van der Waals surface area contributed by atoms with Crippen LogP contribution < -0.4 is 16.4 Å². The molecule has 6 nitrogen and oxygen atoms in total. The number of guanidine groups is 1. The largest absolute Gasteiger partial charge is 0.369 e. The second kappa shape index (κ2) is 7.69. The summed E-state index contributed by atoms with van der Waals surface area (Å²) in [6.07, 6.45) is 1.42. The summed E-state index contributed by atoms with van der Waals surface area (Å²) in [6.45, 7) is 1.92. The number of aryl methyl sites for hydroxylation is 1. The van der Waals surface area contributed by atoms with E-state index in [0.717, 1.165) is 28.5 Å². The van der Waals surface area contributed by atoms with Crippen LogP contribution in [0.4, 0.5) is 22.2 Å². The van der Waals surface area contributed by atoms with Crippen molar-refractivity contribution in [3.8, 4) is 0 Å². The predicted molar refractivity (Wildman–Crippen MR) is 106 cm³/mol. The standard InChI is InChI=1S/C16H14Cl2N6S/c1-9-6-7-10(17)14(13(9)18)22-11-4-2-3-5-12(11)23-15(19)24-16-20-8-21-25-16/h2-8,22H,1H3,(H3,19,20,21,23,24). The van der Waals surface area contributed by atoms with E-state index in [1.54, 1.807) is 6.07 Å². The number of aromatic nitrogens is 2. The normalized spacial score (nSPS) is 11.4. The zero-order valence-corrected chi connectivity index (χ0v) is 15.5. The van der Waals surface area contributed by atoms with Crippen LogP contribution in [0.15, 0.2) is 47.7 Å². The first-order valence-electron chi connectivity index (χ1n) is 7.23. The molecule has 1 heterocycles. The van der Waals surface area contributed by atoms with Crippen molar-refractivity contribution in [2.24, 2.45) is 10.7 Å². The molecule has 4 N–H and O–H groups in total. The van der Waals surface area contributed by atoms with Gasteiger partial charge in [-0.05, 0) is 30.7 Å². The van der Waals surface area contributed by atoms with Crippen molar-refractivity contribution in [2.75, 3.05) is 10.6 Å². The lowest BCUT2D eigenvalue weighted by Crippen LogP contribution is -2.22. The van der Waals surface area contributed by atoms with Gasteiger partial charge in [-0.1, -0.05) is 41.4 Å². The number of nitrogens with one attached hydrogen (secondary N) is 2. The van der Waals surface area contributed by atoms with Crippen molar-refractivity contribution in [2.45, 2.75) is 6.92 Å². The molecule has 0 amide bonds. The fraction of sp³-hybridized carbons (Fsp3) is 0.0625. The number of nitrogens with zero attached hydrogens (tertiary/aromatic N) is 3. The molecule has 0 saturated carbocycles. The van der Waals surface area contributed by atoms with Gasteiger partial charge in [0.1, 0.15) is 6.33 Å². The Bertz CT molecular complexity index is 911. The number of rotatable bonds is 4. The van der Waals surface area contributed by atoms with Crippen LogP contribution in [-0.2, 0) is 0 Å². The van der Waals surface area contributed by atoms with Gasteiger partial charge >= 0.3 is 0 Å². The molecule has 0 atom stereocenters. The highest BCUT2D eigenvalue weighted by Gasteiger charge is 2.11. The number of hydrogen-bond donors (Lipinski definition) is 3. The van der Waals surface area contributed by atoms with Crippen LogP contribution in [0.2, 0.25) is 10.0 Å². The average molecular weight is 393 g/mol. The SMILES string of the molecule is Cc1ccc(Cl)c(Nc2ccccc2NC(N)=Nc2ncns2)c1Cl. The van der Waals surface area contributed by atoms with Gasteiger partial charge in [-0.3, -0.25) is 0 Å². The summed E-state index contributed by atoms with van der Waals surface area (Å²) < 4.78 is 3.88. The number of aliphatic imine (C=N–C) groups is 1. The number of para-hydroxylation sites is 2. The van der Waals surface area contributed by atoms with E-state index in [2.05, 4.69) is 25.0 Å². The molecule has 0 fully saturated rings. The molecule has 9 heteroatoms. The van der Waals surface area contributed by atoms with Crippen molar-refractivity contribution < 1.29 is 0 Å². The van der Waals surface area contributed by atoms with Crippen molar-refractivity contribution in [1.82, 2.24) is 9.36 Å². The Labute approximate surface area is 158 Å². The molecule has 0 aliphatic heterocycles. The summed E-state index contributed by atoms with van der Waals surface area (Å²) in [4.78, 5) is 8.13. The van der Waals surface area contributed by atoms with Crippen LogP contribution in [0, 0.1) is 6.92 Å². The molecular formula is C16H14Cl2N6S. The third-order valence-corrected chi connectivity index (χ3v) is 4.66. The van der Waals surface area contributed by atoms with Crippen LogP contribution in [0.5, 0.6) is 0 Å². The van der Waals surface area contributed by atoms with Crippen molar-refractivity contribution in [3.63, 3.8) is 0 Å². The first-order valence-corrected chi connectivity index (χ1v) is 8.76. The smallest absolute Gasteiger partial charge is 0.231 e. The summed E-state index contributed by atoms with van der Waals surface area (Å²) in [5, 5.41) is 7.86. The average Bonchev–Trinajstić information content (AvgIpc) is 3.09. The van der Waals surface area contributed by atoms with Gasteiger partial charge in [0, 0.05) is 11.5 Å². The molecule has 0 aliphatic rings. The Kier molecular flexibility index (Phi) is 5.37. The topological polar surface area (TPSA) is 88.2 Å². The Morgan fingerprint density at radius 3 is 2.64 bits per heavy atom. The Morgan fingerprint density at radius 1 is 1.16 bits per heavy atom. The molecule has 0 unspecified atom stereocenters. The van der Waals surface area contributed by atoms with Crippen molar-refractivity contribution in [1.29, 1.82) is 0 Å². The van der Waals surface area contributed by atoms with E-state index in [4.69, 9.17) is 28.9 Å². The lowest BCUT2D eigenvalue weighted by atomic mass is 10.2. The summed E-state index contributed by atoms with van der Waals surface area (Å²) in [7, 11) is 0. The number of anilines is 3. The number of benzene rings is 2. The fourth-order valence-electron chi connectivity index (χ4n) is 2.09. The third kappa shape index (κ3) is 4.19. The molecule has 0 spiro atoms. The lowest BCUT2D eigenvalue weighted by Gasteiger charge is -2.16. The molecule has 2 aromatic carbocycles. The highest BCUT2D eigenvalue weighted by molar-refractivity contribution is 7.09. The summed E-state index contributed by atoms with van der Waals surface area (Å²) in [5.74, 6) is 0.201. The molecule has 1 aromatic heterocycles. The van der Waals surface area contributed by atoms with E-state index >= 15 is 0 Å². The van der Waals surface area contributed by atoms with Gasteiger partial charge in [-0.15, -0.1) is 0 Å². The van der Waals surface area contributed by atoms with Gasteiger partial charge in [0.05, 0.1) is 27.1 Å². The summed E-state index contributed by atoms with van der Waals surface area (Å²) >= 11 is 13.8. The van der Waals surface area contributed by atoms with Crippen LogP contribution in [0.25, 0.3) is 0 Å². The van der Waals surface area contributed by atoms with Gasteiger partial charge in [0.15, 0.2) is 0 Å². The molecule has 128 valence electrons. The molecule has 3 rings (SSSR count). The molecule has 0 radical (unpaired) electrons.